The summed E-state index contributed by atoms with van der Waals surface area (Å²) in [7, 11) is 1.69. The average molecular weight is 290 g/mol. The van der Waals surface area contributed by atoms with Crippen LogP contribution in [0.1, 0.15) is 5.56 Å². The predicted molar refractivity (Wildman–Crippen MR) is 90.0 cm³/mol. The summed E-state index contributed by atoms with van der Waals surface area (Å²) in [6.07, 6.45) is 1.82. The van der Waals surface area contributed by atoms with E-state index in [1.165, 1.54) is 0 Å². The number of pyridine rings is 1. The molecule has 0 amide bonds. The van der Waals surface area contributed by atoms with E-state index in [4.69, 9.17) is 4.74 Å². The van der Waals surface area contributed by atoms with Gasteiger partial charge in [0.1, 0.15) is 5.75 Å². The van der Waals surface area contributed by atoms with Crippen molar-refractivity contribution in [2.45, 2.75) is 6.54 Å². The fraction of sp³-hybridized carbons (Fsp3) is 0.105. The van der Waals surface area contributed by atoms with E-state index >= 15 is 0 Å². The third kappa shape index (κ3) is 3.09. The molecule has 0 spiro atoms. The summed E-state index contributed by atoms with van der Waals surface area (Å²) in [6, 6.07) is 22.2. The number of anilines is 1. The average Bonchev–Trinajstić information content (AvgIpc) is 2.61. The number of hydrogen-bond acceptors (Lipinski definition) is 3. The van der Waals surface area contributed by atoms with E-state index in [1.54, 1.807) is 7.11 Å². The van der Waals surface area contributed by atoms with Gasteiger partial charge >= 0.3 is 0 Å². The normalized spacial score (nSPS) is 10.2. The summed E-state index contributed by atoms with van der Waals surface area (Å²) in [4.78, 5) is 4.51. The van der Waals surface area contributed by atoms with Gasteiger partial charge in [-0.3, -0.25) is 4.98 Å². The van der Waals surface area contributed by atoms with E-state index in [9.17, 15) is 0 Å². The first kappa shape index (κ1) is 14.1. The van der Waals surface area contributed by atoms with Gasteiger partial charge in [0, 0.05) is 23.9 Å². The van der Waals surface area contributed by atoms with Gasteiger partial charge in [-0.1, -0.05) is 48.5 Å². The van der Waals surface area contributed by atoms with Crippen LogP contribution in [-0.4, -0.2) is 12.1 Å². The lowest BCUT2D eigenvalue weighted by atomic mass is 10.1. The highest BCUT2D eigenvalue weighted by molar-refractivity contribution is 5.73. The molecule has 0 unspecified atom stereocenters. The molecular weight excluding hydrogens is 272 g/mol. The molecule has 0 atom stereocenters. The minimum atomic E-state index is 0.690. The molecule has 0 radical (unpaired) electrons. The Bertz CT molecular complexity index is 741. The first-order chi connectivity index (χ1) is 10.9. The highest BCUT2D eigenvalue weighted by Crippen LogP contribution is 2.26. The van der Waals surface area contributed by atoms with Crippen molar-refractivity contribution in [1.82, 2.24) is 4.98 Å². The van der Waals surface area contributed by atoms with Crippen LogP contribution in [-0.2, 0) is 6.54 Å². The second-order valence-corrected chi connectivity index (χ2v) is 4.93. The van der Waals surface area contributed by atoms with Crippen LogP contribution in [0.5, 0.6) is 5.75 Å². The Morgan fingerprint density at radius 3 is 2.50 bits per heavy atom. The van der Waals surface area contributed by atoms with Gasteiger partial charge in [-0.2, -0.15) is 0 Å². The van der Waals surface area contributed by atoms with Crippen molar-refractivity contribution in [2.24, 2.45) is 0 Å². The Balaban J connectivity index is 1.85. The van der Waals surface area contributed by atoms with Gasteiger partial charge < -0.3 is 10.1 Å². The number of rotatable bonds is 5. The number of para-hydroxylation sites is 1. The molecule has 0 saturated heterocycles. The van der Waals surface area contributed by atoms with Crippen molar-refractivity contribution in [2.75, 3.05) is 12.4 Å². The summed E-state index contributed by atoms with van der Waals surface area (Å²) >= 11 is 0. The molecule has 0 aliphatic carbocycles. The monoisotopic (exact) mass is 290 g/mol. The second-order valence-electron chi connectivity index (χ2n) is 4.93. The molecule has 22 heavy (non-hydrogen) atoms. The predicted octanol–water partition coefficient (Wildman–Crippen LogP) is 4.37. The Kier molecular flexibility index (Phi) is 4.35. The number of nitrogens with zero attached hydrogens (tertiary/aromatic N) is 1. The van der Waals surface area contributed by atoms with Crippen LogP contribution in [0.2, 0.25) is 0 Å². The zero-order chi connectivity index (χ0) is 15.2. The molecule has 0 saturated carbocycles. The molecule has 0 fully saturated rings. The molecule has 3 rings (SSSR count). The summed E-state index contributed by atoms with van der Waals surface area (Å²) in [5.74, 6) is 0.889. The van der Waals surface area contributed by atoms with Crippen LogP contribution in [0.3, 0.4) is 0 Å². The van der Waals surface area contributed by atoms with Crippen LogP contribution in [0.4, 0.5) is 5.69 Å². The van der Waals surface area contributed by atoms with Crippen LogP contribution in [0, 0.1) is 0 Å². The highest BCUT2D eigenvalue weighted by Gasteiger charge is 2.07. The standard InChI is InChI=1S/C19H18N2O/c1-22-18-12-6-5-10-16(18)14-21-17-11-7-13-20-19(17)15-8-3-2-4-9-15/h2-13,21H,14H2,1H3. The number of nitrogens with one attached hydrogen (secondary N) is 1. The summed E-state index contributed by atoms with van der Waals surface area (Å²) in [5, 5.41) is 3.46. The first-order valence-corrected chi connectivity index (χ1v) is 7.24. The quantitative estimate of drug-likeness (QED) is 0.757. The van der Waals surface area contributed by atoms with Crippen LogP contribution < -0.4 is 10.1 Å². The minimum absolute atomic E-state index is 0.690. The molecule has 2 aromatic carbocycles. The molecule has 1 heterocycles. The molecule has 3 heteroatoms. The van der Waals surface area contributed by atoms with Crippen LogP contribution in [0.25, 0.3) is 11.3 Å². The van der Waals surface area contributed by atoms with Gasteiger partial charge in [0.2, 0.25) is 0 Å². The number of methoxy groups -OCH3 is 1. The van der Waals surface area contributed by atoms with Crippen molar-refractivity contribution in [3.8, 4) is 17.0 Å². The van der Waals surface area contributed by atoms with Crippen LogP contribution >= 0.6 is 0 Å². The summed E-state index contributed by atoms with van der Waals surface area (Å²) in [5.41, 5.74) is 4.19. The van der Waals surface area contributed by atoms with E-state index in [1.807, 2.05) is 54.7 Å². The highest BCUT2D eigenvalue weighted by atomic mass is 16.5. The number of benzene rings is 2. The lowest BCUT2D eigenvalue weighted by molar-refractivity contribution is 0.410. The maximum atomic E-state index is 5.39. The van der Waals surface area contributed by atoms with Gasteiger partial charge in [0.25, 0.3) is 0 Å². The third-order valence-electron chi connectivity index (χ3n) is 3.52. The first-order valence-electron chi connectivity index (χ1n) is 7.24. The van der Waals surface area contributed by atoms with Crippen molar-refractivity contribution in [1.29, 1.82) is 0 Å². The van der Waals surface area contributed by atoms with E-state index in [0.29, 0.717) is 6.54 Å². The second kappa shape index (κ2) is 6.76. The van der Waals surface area contributed by atoms with Gasteiger partial charge in [-0.15, -0.1) is 0 Å². The molecule has 110 valence electrons. The molecule has 0 aliphatic rings. The largest absolute Gasteiger partial charge is 0.496 e. The van der Waals surface area contributed by atoms with Gasteiger partial charge in [0.05, 0.1) is 18.5 Å². The molecule has 0 aliphatic heterocycles. The smallest absolute Gasteiger partial charge is 0.123 e. The maximum Gasteiger partial charge on any atom is 0.123 e. The fourth-order valence-corrected chi connectivity index (χ4v) is 2.41. The van der Waals surface area contributed by atoms with E-state index in [0.717, 1.165) is 28.3 Å². The van der Waals surface area contributed by atoms with E-state index < -0.39 is 0 Å². The van der Waals surface area contributed by atoms with Crippen molar-refractivity contribution >= 4 is 5.69 Å². The minimum Gasteiger partial charge on any atom is -0.496 e. The number of hydrogen-bond donors (Lipinski definition) is 1. The molecule has 0 bridgehead atoms. The fourth-order valence-electron chi connectivity index (χ4n) is 2.41. The van der Waals surface area contributed by atoms with E-state index in [-0.39, 0.29) is 0 Å². The topological polar surface area (TPSA) is 34.1 Å². The molecule has 3 aromatic rings. The van der Waals surface area contributed by atoms with Gasteiger partial charge in [-0.05, 0) is 18.2 Å². The number of ether oxygens (including phenoxy) is 1. The SMILES string of the molecule is COc1ccccc1CNc1cccnc1-c1ccccc1. The summed E-state index contributed by atoms with van der Waals surface area (Å²) in [6.45, 7) is 0.690. The van der Waals surface area contributed by atoms with Gasteiger partial charge in [0.15, 0.2) is 0 Å². The van der Waals surface area contributed by atoms with Crippen LogP contribution in [0.15, 0.2) is 72.9 Å². The Morgan fingerprint density at radius 1 is 0.909 bits per heavy atom. The Hall–Kier alpha value is -2.81. The molecule has 1 aromatic heterocycles. The van der Waals surface area contributed by atoms with Crippen molar-refractivity contribution in [3.63, 3.8) is 0 Å². The Labute approximate surface area is 130 Å². The van der Waals surface area contributed by atoms with Crippen molar-refractivity contribution < 1.29 is 4.74 Å². The molecule has 1 N–H and O–H groups in total. The number of aromatic nitrogens is 1. The maximum absolute atomic E-state index is 5.39. The van der Waals surface area contributed by atoms with Gasteiger partial charge in [-0.25, -0.2) is 0 Å². The lowest BCUT2D eigenvalue weighted by Gasteiger charge is -2.13. The third-order valence-corrected chi connectivity index (χ3v) is 3.52. The molecule has 3 nitrogen and oxygen atoms in total. The van der Waals surface area contributed by atoms with E-state index in [2.05, 4.69) is 28.5 Å². The lowest BCUT2D eigenvalue weighted by Crippen LogP contribution is -2.03. The zero-order valence-electron chi connectivity index (χ0n) is 12.5. The van der Waals surface area contributed by atoms with Crippen molar-refractivity contribution in [3.05, 3.63) is 78.5 Å². The Morgan fingerprint density at radius 2 is 1.68 bits per heavy atom. The molecular formula is C19H18N2O. The summed E-state index contributed by atoms with van der Waals surface area (Å²) < 4.78 is 5.39. The zero-order valence-corrected chi connectivity index (χ0v) is 12.5.